The van der Waals surface area contributed by atoms with Crippen LogP contribution in [0.25, 0.3) is 6.08 Å². The lowest BCUT2D eigenvalue weighted by atomic mass is 9.81. The molecule has 2 rings (SSSR count). The number of nitrogens with zero attached hydrogens (tertiary/aromatic N) is 2. The van der Waals surface area contributed by atoms with Crippen molar-refractivity contribution in [1.82, 2.24) is 4.90 Å². The number of carbonyl (C=O) groups excluding carboxylic acids is 2. The molecule has 0 radical (unpaired) electrons. The van der Waals surface area contributed by atoms with Crippen LogP contribution in [0.15, 0.2) is 30.3 Å². The van der Waals surface area contributed by atoms with Gasteiger partial charge in [-0.1, -0.05) is 49.1 Å². The summed E-state index contributed by atoms with van der Waals surface area (Å²) in [6.45, 7) is 3.52. The fraction of sp³-hybridized carbons (Fsp3) is 0.476. The normalized spacial score (nSPS) is 17.3. The minimum absolute atomic E-state index is 0.342. The molecule has 0 aliphatic heterocycles. The molecule has 0 unspecified atom stereocenters. The van der Waals surface area contributed by atoms with E-state index in [0.29, 0.717) is 12.8 Å². The molecule has 5 nitrogen and oxygen atoms in total. The summed E-state index contributed by atoms with van der Waals surface area (Å²) in [6, 6.07) is 10.0. The second-order valence-electron chi connectivity index (χ2n) is 6.93. The number of rotatable bonds is 5. The Labute approximate surface area is 155 Å². The predicted octanol–water partition coefficient (Wildman–Crippen LogP) is 3.62. The molecular formula is C21H26N2O3. The summed E-state index contributed by atoms with van der Waals surface area (Å²) < 4.78 is 5.24. The minimum atomic E-state index is -0.929. The van der Waals surface area contributed by atoms with Gasteiger partial charge >= 0.3 is 5.97 Å². The number of esters is 1. The molecule has 0 bridgehead atoms. The van der Waals surface area contributed by atoms with E-state index in [0.717, 1.165) is 30.4 Å². The lowest BCUT2D eigenvalue weighted by Crippen LogP contribution is -2.53. The Hall–Kier alpha value is -2.61. The van der Waals surface area contributed by atoms with Crippen LogP contribution in [-0.4, -0.2) is 35.5 Å². The molecule has 0 heterocycles. The molecule has 1 aromatic carbocycles. The van der Waals surface area contributed by atoms with Crippen molar-refractivity contribution in [3.63, 3.8) is 0 Å². The van der Waals surface area contributed by atoms with Crippen molar-refractivity contribution in [3.05, 3.63) is 41.5 Å². The highest BCUT2D eigenvalue weighted by Gasteiger charge is 2.40. The summed E-state index contributed by atoms with van der Waals surface area (Å²) in [4.78, 5) is 26.1. The van der Waals surface area contributed by atoms with Crippen LogP contribution in [0.1, 0.15) is 50.2 Å². The van der Waals surface area contributed by atoms with Gasteiger partial charge in [0, 0.05) is 13.1 Å². The molecule has 5 heteroatoms. The van der Waals surface area contributed by atoms with Crippen molar-refractivity contribution < 1.29 is 14.3 Å². The molecule has 1 atom stereocenters. The average Bonchev–Trinajstić information content (AvgIpc) is 2.65. The predicted molar refractivity (Wildman–Crippen MR) is 100.0 cm³/mol. The van der Waals surface area contributed by atoms with E-state index in [9.17, 15) is 14.9 Å². The van der Waals surface area contributed by atoms with Crippen molar-refractivity contribution in [2.75, 3.05) is 7.05 Å². The summed E-state index contributed by atoms with van der Waals surface area (Å²) in [5.74, 6) is -0.916. The smallest absolute Gasteiger partial charge is 0.331 e. The van der Waals surface area contributed by atoms with Gasteiger partial charge in [0.2, 0.25) is 0 Å². The van der Waals surface area contributed by atoms with Crippen LogP contribution < -0.4 is 0 Å². The summed E-state index contributed by atoms with van der Waals surface area (Å²) in [7, 11) is 1.63. The number of ether oxygens (including phenoxy) is 1. The van der Waals surface area contributed by atoms with Crippen molar-refractivity contribution in [1.29, 1.82) is 5.26 Å². The second-order valence-corrected chi connectivity index (χ2v) is 6.93. The zero-order valence-electron chi connectivity index (χ0n) is 15.7. The summed E-state index contributed by atoms with van der Waals surface area (Å²) in [6.07, 6.45) is 6.32. The Kier molecular flexibility index (Phi) is 6.57. The number of nitriles is 1. The first-order chi connectivity index (χ1) is 12.4. The maximum Gasteiger partial charge on any atom is 0.331 e. The Morgan fingerprint density at radius 3 is 2.62 bits per heavy atom. The average molecular weight is 354 g/mol. The van der Waals surface area contributed by atoms with Crippen LogP contribution in [0.4, 0.5) is 0 Å². The van der Waals surface area contributed by atoms with Crippen LogP contribution in [0.2, 0.25) is 0 Å². The molecule has 0 spiro atoms. The molecule has 0 saturated heterocycles. The van der Waals surface area contributed by atoms with Gasteiger partial charge in [-0.05, 0) is 38.3 Å². The Bertz CT molecular complexity index is 727. The van der Waals surface area contributed by atoms with Crippen LogP contribution in [0.5, 0.6) is 0 Å². The maximum absolute atomic E-state index is 12.6. The molecule has 1 amide bonds. The highest BCUT2D eigenvalue weighted by atomic mass is 16.5. The van der Waals surface area contributed by atoms with Crippen molar-refractivity contribution in [2.45, 2.75) is 57.6 Å². The molecule has 0 aromatic heterocycles. The Morgan fingerprint density at radius 1 is 1.31 bits per heavy atom. The van der Waals surface area contributed by atoms with Gasteiger partial charge < -0.3 is 9.64 Å². The van der Waals surface area contributed by atoms with Gasteiger partial charge in [-0.15, -0.1) is 0 Å². The number of likely N-dealkylation sites (N-methyl/N-ethyl adjacent to an activating group) is 1. The van der Waals surface area contributed by atoms with Crippen molar-refractivity contribution >= 4 is 18.0 Å². The van der Waals surface area contributed by atoms with E-state index < -0.39 is 17.6 Å². The van der Waals surface area contributed by atoms with E-state index in [1.807, 2.05) is 31.2 Å². The summed E-state index contributed by atoms with van der Waals surface area (Å²) >= 11 is 0. The van der Waals surface area contributed by atoms with Gasteiger partial charge in [-0.3, -0.25) is 4.79 Å². The molecular weight excluding hydrogens is 328 g/mol. The molecule has 26 heavy (non-hydrogen) atoms. The largest absolute Gasteiger partial charge is 0.449 e. The van der Waals surface area contributed by atoms with Gasteiger partial charge in [0.1, 0.15) is 5.54 Å². The highest BCUT2D eigenvalue weighted by Crippen LogP contribution is 2.32. The second kappa shape index (κ2) is 8.66. The molecule has 1 aliphatic rings. The fourth-order valence-electron chi connectivity index (χ4n) is 3.34. The van der Waals surface area contributed by atoms with E-state index in [2.05, 4.69) is 6.07 Å². The zero-order chi connectivity index (χ0) is 19.2. The quantitative estimate of drug-likeness (QED) is 0.598. The van der Waals surface area contributed by atoms with Gasteiger partial charge in [-0.25, -0.2) is 4.79 Å². The number of amides is 1. The third-order valence-electron chi connectivity index (χ3n) is 4.96. The van der Waals surface area contributed by atoms with E-state index in [-0.39, 0.29) is 5.91 Å². The van der Waals surface area contributed by atoms with Gasteiger partial charge in [0.25, 0.3) is 5.91 Å². The highest BCUT2D eigenvalue weighted by molar-refractivity contribution is 5.90. The third-order valence-corrected chi connectivity index (χ3v) is 4.96. The number of carbonyl (C=O) groups is 2. The first-order valence-electron chi connectivity index (χ1n) is 9.02. The first kappa shape index (κ1) is 19.7. The van der Waals surface area contributed by atoms with Gasteiger partial charge in [-0.2, -0.15) is 5.26 Å². The van der Waals surface area contributed by atoms with E-state index >= 15 is 0 Å². The van der Waals surface area contributed by atoms with Gasteiger partial charge in [0.15, 0.2) is 6.10 Å². The van der Waals surface area contributed by atoms with E-state index in [1.54, 1.807) is 20.0 Å². The minimum Gasteiger partial charge on any atom is -0.449 e. The van der Waals surface area contributed by atoms with Crippen LogP contribution in [0, 0.1) is 18.3 Å². The lowest BCUT2D eigenvalue weighted by Gasteiger charge is -2.39. The van der Waals surface area contributed by atoms with Crippen molar-refractivity contribution in [2.24, 2.45) is 0 Å². The fourth-order valence-corrected chi connectivity index (χ4v) is 3.34. The van der Waals surface area contributed by atoms with Crippen LogP contribution >= 0.6 is 0 Å². The molecule has 0 N–H and O–H groups in total. The van der Waals surface area contributed by atoms with E-state index in [1.165, 1.54) is 11.0 Å². The maximum atomic E-state index is 12.6. The monoisotopic (exact) mass is 354 g/mol. The SMILES string of the molecule is Cc1cccc(/C=C/C(=O)O[C@@H](C)C(=O)N(C)C2(C#N)CCCCC2)c1. The van der Waals surface area contributed by atoms with E-state index in [4.69, 9.17) is 4.74 Å². The lowest BCUT2D eigenvalue weighted by molar-refractivity contribution is -0.157. The number of hydrogen-bond donors (Lipinski definition) is 0. The number of benzene rings is 1. The van der Waals surface area contributed by atoms with Gasteiger partial charge in [0.05, 0.1) is 6.07 Å². The third kappa shape index (κ3) is 4.72. The number of aryl methyl sites for hydroxylation is 1. The summed E-state index contributed by atoms with van der Waals surface area (Å²) in [5, 5.41) is 9.59. The topological polar surface area (TPSA) is 70.4 Å². The molecule has 1 fully saturated rings. The van der Waals surface area contributed by atoms with Crippen LogP contribution in [-0.2, 0) is 14.3 Å². The standard InChI is InChI=1S/C21H26N2O3/c1-16-8-7-9-18(14-16)10-11-19(24)26-17(2)20(25)23(3)21(15-22)12-5-4-6-13-21/h7-11,14,17H,4-6,12-13H2,1-3H3/b11-10+/t17-/m0/s1. The number of hydrogen-bond acceptors (Lipinski definition) is 4. The Morgan fingerprint density at radius 2 is 2.00 bits per heavy atom. The van der Waals surface area contributed by atoms with Crippen molar-refractivity contribution in [3.8, 4) is 6.07 Å². The summed E-state index contributed by atoms with van der Waals surface area (Å²) in [5.41, 5.74) is 1.21. The molecule has 1 aromatic rings. The first-order valence-corrected chi connectivity index (χ1v) is 9.02. The molecule has 138 valence electrons. The molecule has 1 aliphatic carbocycles. The Balaban J connectivity index is 1.97. The zero-order valence-corrected chi connectivity index (χ0v) is 15.7. The van der Waals surface area contributed by atoms with Crippen LogP contribution in [0.3, 0.4) is 0 Å². The molecule has 1 saturated carbocycles.